The van der Waals surface area contributed by atoms with E-state index < -0.39 is 41.3 Å². The molecule has 7 heteroatoms. The first kappa shape index (κ1) is 19.4. The third-order valence-corrected chi connectivity index (χ3v) is 7.54. The lowest BCUT2D eigenvalue weighted by atomic mass is 10.1. The maximum atomic E-state index is 14.7. The minimum Gasteiger partial charge on any atom is -0.254 e. The smallest absolute Gasteiger partial charge is 0.187 e. The molecule has 0 spiro atoms. The first-order valence-electron chi connectivity index (χ1n) is 8.15. The summed E-state index contributed by atoms with van der Waals surface area (Å²) >= 11 is 0. The van der Waals surface area contributed by atoms with Crippen molar-refractivity contribution in [2.24, 2.45) is 4.74 Å². The van der Waals surface area contributed by atoms with Crippen LogP contribution in [-0.2, 0) is 0 Å². The average Bonchev–Trinajstić information content (AvgIpc) is 2.73. The van der Waals surface area contributed by atoms with Crippen molar-refractivity contribution < 1.29 is 13.2 Å². The van der Waals surface area contributed by atoms with Gasteiger partial charge in [0.25, 0.3) is 0 Å². The molecule has 0 saturated carbocycles. The maximum Gasteiger partial charge on any atom is 0.187 e. The zero-order chi connectivity index (χ0) is 20.3. The second-order valence-corrected chi connectivity index (χ2v) is 9.15. The van der Waals surface area contributed by atoms with Crippen LogP contribution >= 0.6 is 7.05 Å². The highest BCUT2D eigenvalue weighted by atomic mass is 31.2. The van der Waals surface area contributed by atoms with Gasteiger partial charge in [0.1, 0.15) is 29.0 Å². The van der Waals surface area contributed by atoms with Crippen LogP contribution in [0.4, 0.5) is 18.9 Å². The number of nitriles is 2. The maximum absolute atomic E-state index is 14.7. The quantitative estimate of drug-likeness (QED) is 0.465. The van der Waals surface area contributed by atoms with Gasteiger partial charge in [-0.25, -0.2) is 13.2 Å². The van der Waals surface area contributed by atoms with Gasteiger partial charge in [0.2, 0.25) is 0 Å². The van der Waals surface area contributed by atoms with Gasteiger partial charge >= 0.3 is 0 Å². The molecule has 3 nitrogen and oxygen atoms in total. The first-order valence-corrected chi connectivity index (χ1v) is 10.3. The zero-order valence-electron chi connectivity index (χ0n) is 14.7. The van der Waals surface area contributed by atoms with E-state index in [-0.39, 0.29) is 0 Å². The van der Waals surface area contributed by atoms with E-state index in [0.29, 0.717) is 0 Å². The molecular formula is C21H13F3N3P. The van der Waals surface area contributed by atoms with Crippen molar-refractivity contribution in [2.45, 2.75) is 0 Å². The van der Waals surface area contributed by atoms with E-state index in [9.17, 15) is 18.4 Å². The molecule has 0 unspecified atom stereocenters. The van der Waals surface area contributed by atoms with Crippen LogP contribution in [0.5, 0.6) is 0 Å². The summed E-state index contributed by atoms with van der Waals surface area (Å²) < 4.78 is 47.8. The molecule has 138 valence electrons. The second-order valence-electron chi connectivity index (χ2n) is 5.99. The summed E-state index contributed by atoms with van der Waals surface area (Å²) in [7, 11) is -2.71. The van der Waals surface area contributed by atoms with Gasteiger partial charge < -0.3 is 0 Å². The highest BCUT2D eigenvalue weighted by Crippen LogP contribution is 2.48. The largest absolute Gasteiger partial charge is 0.254 e. The minimum absolute atomic E-state index is 0.708. The molecule has 3 aromatic rings. The molecule has 0 atom stereocenters. The highest BCUT2D eigenvalue weighted by Gasteiger charge is 2.28. The van der Waals surface area contributed by atoms with Gasteiger partial charge in [0.05, 0.1) is 0 Å². The van der Waals surface area contributed by atoms with Gasteiger partial charge in [-0.3, -0.25) is 4.74 Å². The molecule has 0 heterocycles. The number of halogens is 3. The van der Waals surface area contributed by atoms with Crippen molar-refractivity contribution in [3.05, 3.63) is 89.2 Å². The fourth-order valence-corrected chi connectivity index (χ4v) is 5.47. The normalized spacial score (nSPS) is 10.8. The molecule has 0 aliphatic carbocycles. The van der Waals surface area contributed by atoms with Gasteiger partial charge in [0, 0.05) is 7.05 Å². The number of rotatable bonds is 3. The topological polar surface area (TPSA) is 59.9 Å². The Bertz CT molecular complexity index is 1130. The van der Waals surface area contributed by atoms with E-state index in [2.05, 4.69) is 4.74 Å². The lowest BCUT2D eigenvalue weighted by molar-refractivity contribution is 0.492. The summed E-state index contributed by atoms with van der Waals surface area (Å²) in [6, 6.07) is 20.7. The van der Waals surface area contributed by atoms with Gasteiger partial charge in [-0.05, 0) is 17.3 Å². The van der Waals surface area contributed by atoms with Crippen molar-refractivity contribution in [1.29, 1.82) is 10.5 Å². The van der Waals surface area contributed by atoms with E-state index in [1.807, 2.05) is 0 Å². The van der Waals surface area contributed by atoms with Crippen molar-refractivity contribution in [3.8, 4) is 12.1 Å². The third kappa shape index (κ3) is 3.20. The molecular weight excluding hydrogens is 382 g/mol. The number of hydrogen-bond donors (Lipinski definition) is 0. The summed E-state index contributed by atoms with van der Waals surface area (Å²) in [5.41, 5.74) is -2.62. The molecule has 28 heavy (non-hydrogen) atoms. The predicted octanol–water partition coefficient (Wildman–Crippen LogP) is 4.96. The van der Waals surface area contributed by atoms with Crippen molar-refractivity contribution in [1.82, 2.24) is 0 Å². The Kier molecular flexibility index (Phi) is 5.36. The molecule has 0 saturated heterocycles. The number of benzene rings is 3. The Morgan fingerprint density at radius 3 is 1.61 bits per heavy atom. The van der Waals surface area contributed by atoms with Gasteiger partial charge in [0.15, 0.2) is 17.5 Å². The summed E-state index contributed by atoms with van der Waals surface area (Å²) in [6.07, 6.45) is 0. The van der Waals surface area contributed by atoms with E-state index in [1.54, 1.807) is 67.3 Å². The molecule has 0 aliphatic heterocycles. The van der Waals surface area contributed by atoms with Crippen molar-refractivity contribution in [2.75, 3.05) is 6.66 Å². The Hall–Kier alpha value is -3.34. The highest BCUT2D eigenvalue weighted by molar-refractivity contribution is 7.80. The Labute approximate surface area is 160 Å². The lowest BCUT2D eigenvalue weighted by Gasteiger charge is -2.22. The summed E-state index contributed by atoms with van der Waals surface area (Å²) in [5, 5.41) is 19.7. The average molecular weight is 395 g/mol. The summed E-state index contributed by atoms with van der Waals surface area (Å²) in [5.74, 6) is -4.56. The van der Waals surface area contributed by atoms with E-state index in [1.165, 1.54) is 12.1 Å². The standard InChI is InChI=1S/C21H13F3N3P/c1-28(14-8-4-2-5-9-14,15-10-6-3-7-11-15)27-21-17(13-26)18(22)16(12-25)19(23)20(21)24/h2-11H,1H3. The lowest BCUT2D eigenvalue weighted by Crippen LogP contribution is -2.15. The predicted molar refractivity (Wildman–Crippen MR) is 103 cm³/mol. The molecule has 0 fully saturated rings. The van der Waals surface area contributed by atoms with Crippen LogP contribution in [0, 0.1) is 40.1 Å². The Morgan fingerprint density at radius 2 is 1.18 bits per heavy atom. The monoisotopic (exact) mass is 395 g/mol. The molecule has 3 rings (SSSR count). The van der Waals surface area contributed by atoms with Crippen LogP contribution in [-0.4, -0.2) is 6.66 Å². The molecule has 0 bridgehead atoms. The van der Waals surface area contributed by atoms with Gasteiger partial charge in [-0.2, -0.15) is 10.5 Å². The Morgan fingerprint density at radius 1 is 0.714 bits per heavy atom. The van der Waals surface area contributed by atoms with Crippen LogP contribution in [0.1, 0.15) is 11.1 Å². The first-order chi connectivity index (χ1) is 13.4. The van der Waals surface area contributed by atoms with Gasteiger partial charge in [-0.15, -0.1) is 0 Å². The number of hydrogen-bond acceptors (Lipinski definition) is 3. The molecule has 3 aromatic carbocycles. The van der Waals surface area contributed by atoms with Crippen LogP contribution in [0.15, 0.2) is 65.4 Å². The van der Waals surface area contributed by atoms with Crippen LogP contribution in [0.3, 0.4) is 0 Å². The SMILES string of the molecule is CP(=Nc1c(F)c(F)c(C#N)c(F)c1C#N)(c1ccccc1)c1ccccc1. The third-order valence-electron chi connectivity index (χ3n) is 4.34. The van der Waals surface area contributed by atoms with Crippen molar-refractivity contribution >= 4 is 23.4 Å². The van der Waals surface area contributed by atoms with Gasteiger partial charge in [-0.1, -0.05) is 60.7 Å². The second kappa shape index (κ2) is 7.72. The summed E-state index contributed by atoms with van der Waals surface area (Å²) in [4.78, 5) is 0. The minimum atomic E-state index is -2.71. The number of nitrogens with zero attached hydrogens (tertiary/aromatic N) is 3. The molecule has 0 aromatic heterocycles. The van der Waals surface area contributed by atoms with E-state index in [4.69, 9.17) is 5.26 Å². The van der Waals surface area contributed by atoms with Crippen LogP contribution in [0.2, 0.25) is 0 Å². The van der Waals surface area contributed by atoms with E-state index >= 15 is 0 Å². The molecule has 0 N–H and O–H groups in total. The Balaban J connectivity index is 2.45. The van der Waals surface area contributed by atoms with Crippen molar-refractivity contribution in [3.63, 3.8) is 0 Å². The van der Waals surface area contributed by atoms with Crippen LogP contribution in [0.25, 0.3) is 0 Å². The van der Waals surface area contributed by atoms with Crippen LogP contribution < -0.4 is 10.6 Å². The molecule has 0 radical (unpaired) electrons. The fourth-order valence-electron chi connectivity index (χ4n) is 2.84. The zero-order valence-corrected chi connectivity index (χ0v) is 15.6. The summed E-state index contributed by atoms with van der Waals surface area (Å²) in [6.45, 7) is 1.77. The molecule has 0 aliphatic rings. The molecule has 0 amide bonds. The van der Waals surface area contributed by atoms with E-state index in [0.717, 1.165) is 10.6 Å². The fraction of sp³-hybridized carbons (Fsp3) is 0.0476.